The van der Waals surface area contributed by atoms with E-state index in [1.165, 1.54) is 0 Å². The highest BCUT2D eigenvalue weighted by molar-refractivity contribution is 6.33. The van der Waals surface area contributed by atoms with Gasteiger partial charge >= 0.3 is 5.97 Å². The summed E-state index contributed by atoms with van der Waals surface area (Å²) in [5.74, 6) is 0.160. The van der Waals surface area contributed by atoms with Crippen LogP contribution in [-0.2, 0) is 6.61 Å². The van der Waals surface area contributed by atoms with E-state index in [0.29, 0.717) is 18.9 Å². The predicted molar refractivity (Wildman–Crippen MR) is 128 cm³/mol. The number of hydrogen-bond donors (Lipinski definition) is 1. The van der Waals surface area contributed by atoms with E-state index >= 15 is 0 Å². The van der Waals surface area contributed by atoms with Gasteiger partial charge in [-0.3, -0.25) is 4.79 Å². The summed E-state index contributed by atoms with van der Waals surface area (Å²) in [6.45, 7) is 8.36. The van der Waals surface area contributed by atoms with E-state index in [1.54, 1.807) is 18.2 Å². The maximum atomic E-state index is 12.5. The van der Waals surface area contributed by atoms with Crippen LogP contribution in [0.25, 0.3) is 11.1 Å². The molecule has 0 radical (unpaired) electrons. The molecule has 0 aliphatic heterocycles. The number of rotatable bonds is 8. The monoisotopic (exact) mass is 450 g/mol. The van der Waals surface area contributed by atoms with Crippen molar-refractivity contribution in [2.24, 2.45) is 5.92 Å². The Balaban J connectivity index is 1.79. The second-order valence-electron chi connectivity index (χ2n) is 8.37. The molecule has 1 N–H and O–H groups in total. The number of carbonyl (C=O) groups is 2. The number of Topliss-reactive ketones (excluding diaryl/α,β-unsaturated/α-hetero) is 1. The topological polar surface area (TPSA) is 63.6 Å². The molecule has 0 fully saturated rings. The Morgan fingerprint density at radius 3 is 2.34 bits per heavy atom. The summed E-state index contributed by atoms with van der Waals surface area (Å²) >= 11 is 5.99. The second-order valence-corrected chi connectivity index (χ2v) is 8.78. The number of benzene rings is 3. The fourth-order valence-corrected chi connectivity index (χ4v) is 3.80. The first-order valence-electron chi connectivity index (χ1n) is 10.6. The molecule has 0 heterocycles. The molecule has 0 saturated heterocycles. The van der Waals surface area contributed by atoms with Gasteiger partial charge < -0.3 is 9.84 Å². The molecule has 166 valence electrons. The van der Waals surface area contributed by atoms with Crippen LogP contribution in [0.1, 0.15) is 57.7 Å². The number of ketones is 1. The highest BCUT2D eigenvalue weighted by Crippen LogP contribution is 2.29. The third kappa shape index (κ3) is 5.38. The first-order chi connectivity index (χ1) is 15.2. The van der Waals surface area contributed by atoms with Gasteiger partial charge in [-0.2, -0.15) is 0 Å². The van der Waals surface area contributed by atoms with E-state index < -0.39 is 5.97 Å². The molecule has 5 heteroatoms. The Morgan fingerprint density at radius 2 is 1.66 bits per heavy atom. The summed E-state index contributed by atoms with van der Waals surface area (Å²) in [6.07, 6.45) is 0.529. The number of ether oxygens (including phenoxy) is 1. The first-order valence-corrected chi connectivity index (χ1v) is 10.9. The summed E-state index contributed by atoms with van der Waals surface area (Å²) in [5.41, 5.74) is 5.34. The van der Waals surface area contributed by atoms with Crippen molar-refractivity contribution in [2.75, 3.05) is 0 Å². The molecule has 3 aromatic rings. The minimum atomic E-state index is -1.06. The highest BCUT2D eigenvalue weighted by atomic mass is 35.5. The maximum Gasteiger partial charge on any atom is 0.337 e. The Morgan fingerprint density at radius 1 is 0.938 bits per heavy atom. The molecule has 3 aromatic carbocycles. The third-order valence-corrected chi connectivity index (χ3v) is 5.81. The Kier molecular flexibility index (Phi) is 7.37. The predicted octanol–water partition coefficient (Wildman–Crippen LogP) is 7.13. The molecule has 0 aliphatic rings. The van der Waals surface area contributed by atoms with E-state index in [-0.39, 0.29) is 16.4 Å². The molecule has 0 amide bonds. The molecular weight excluding hydrogens is 424 g/mol. The fourth-order valence-electron chi connectivity index (χ4n) is 3.61. The van der Waals surface area contributed by atoms with Crippen LogP contribution in [-0.4, -0.2) is 16.9 Å². The van der Waals surface area contributed by atoms with Gasteiger partial charge in [-0.05, 0) is 77.9 Å². The molecule has 0 bridgehead atoms. The lowest BCUT2D eigenvalue weighted by molar-refractivity contribution is 0.0697. The van der Waals surface area contributed by atoms with E-state index in [4.69, 9.17) is 16.3 Å². The lowest BCUT2D eigenvalue weighted by atomic mass is 9.95. The van der Waals surface area contributed by atoms with Crippen LogP contribution in [0.5, 0.6) is 5.75 Å². The highest BCUT2D eigenvalue weighted by Gasteiger charge is 2.15. The lowest BCUT2D eigenvalue weighted by Crippen LogP contribution is -2.07. The molecule has 0 saturated carbocycles. The van der Waals surface area contributed by atoms with Crippen LogP contribution in [0.4, 0.5) is 0 Å². The molecule has 0 spiro atoms. The Bertz CT molecular complexity index is 1160. The number of carbonyl (C=O) groups excluding carboxylic acids is 1. The van der Waals surface area contributed by atoms with Crippen molar-refractivity contribution >= 4 is 23.4 Å². The van der Waals surface area contributed by atoms with Gasteiger partial charge in [0.05, 0.1) is 10.6 Å². The van der Waals surface area contributed by atoms with Crippen molar-refractivity contribution < 1.29 is 19.4 Å². The number of halogens is 1. The van der Waals surface area contributed by atoms with E-state index in [1.807, 2.05) is 64.1 Å². The molecule has 0 aliphatic carbocycles. The fraction of sp³-hybridized carbons (Fsp3) is 0.259. The van der Waals surface area contributed by atoms with Crippen molar-refractivity contribution in [2.45, 2.75) is 40.7 Å². The normalized spacial score (nSPS) is 10.9. The van der Waals surface area contributed by atoms with Crippen LogP contribution in [0.2, 0.25) is 5.02 Å². The second kappa shape index (κ2) is 10.0. The average Bonchev–Trinajstić information content (AvgIpc) is 2.74. The van der Waals surface area contributed by atoms with Crippen molar-refractivity contribution in [1.29, 1.82) is 0 Å². The van der Waals surface area contributed by atoms with Gasteiger partial charge in [0, 0.05) is 12.0 Å². The Labute approximate surface area is 193 Å². The van der Waals surface area contributed by atoms with Gasteiger partial charge in [0.25, 0.3) is 0 Å². The van der Waals surface area contributed by atoms with Crippen LogP contribution >= 0.6 is 11.6 Å². The quantitative estimate of drug-likeness (QED) is 0.371. The molecular formula is C27H27ClO4. The Hall–Kier alpha value is -3.11. The number of carboxylic acids is 1. The largest absolute Gasteiger partial charge is 0.489 e. The molecule has 0 atom stereocenters. The van der Waals surface area contributed by atoms with E-state index in [0.717, 1.165) is 39.1 Å². The van der Waals surface area contributed by atoms with Gasteiger partial charge in [-0.1, -0.05) is 49.7 Å². The van der Waals surface area contributed by atoms with Crippen LogP contribution in [0.3, 0.4) is 0 Å². The zero-order valence-corrected chi connectivity index (χ0v) is 19.5. The smallest absolute Gasteiger partial charge is 0.337 e. The van der Waals surface area contributed by atoms with Crippen molar-refractivity contribution in [3.8, 4) is 16.9 Å². The SMILES string of the molecule is Cc1c(OCc2cccc(-c3ccc(Cl)c(C(=O)O)c3)c2)ccc(C(=O)CC(C)C)c1C. The minimum Gasteiger partial charge on any atom is -0.489 e. The summed E-state index contributed by atoms with van der Waals surface area (Å²) < 4.78 is 6.06. The summed E-state index contributed by atoms with van der Waals surface area (Å²) in [6, 6.07) is 16.4. The van der Waals surface area contributed by atoms with E-state index in [2.05, 4.69) is 0 Å². The molecule has 3 rings (SSSR count). The molecule has 32 heavy (non-hydrogen) atoms. The van der Waals surface area contributed by atoms with Crippen LogP contribution in [0, 0.1) is 19.8 Å². The third-order valence-electron chi connectivity index (χ3n) is 5.48. The lowest BCUT2D eigenvalue weighted by Gasteiger charge is -2.15. The van der Waals surface area contributed by atoms with Crippen molar-refractivity contribution in [3.05, 3.63) is 87.4 Å². The standard InChI is InChI=1S/C27H27ClO4/c1-16(2)12-25(29)22-9-11-26(18(4)17(22)3)32-15-19-6-5-7-20(13-19)21-8-10-24(28)23(14-21)27(30)31/h5-11,13-14,16H,12,15H2,1-4H3,(H,30,31). The minimum absolute atomic E-state index is 0.0732. The first kappa shape index (κ1) is 23.6. The zero-order chi connectivity index (χ0) is 23.4. The van der Waals surface area contributed by atoms with Gasteiger partial charge in [-0.15, -0.1) is 0 Å². The molecule has 0 aromatic heterocycles. The van der Waals surface area contributed by atoms with Crippen LogP contribution in [0.15, 0.2) is 54.6 Å². The average molecular weight is 451 g/mol. The summed E-state index contributed by atoms with van der Waals surface area (Å²) in [5, 5.41) is 9.53. The van der Waals surface area contributed by atoms with Crippen LogP contribution < -0.4 is 4.74 Å². The summed E-state index contributed by atoms with van der Waals surface area (Å²) in [7, 11) is 0. The van der Waals surface area contributed by atoms with E-state index in [9.17, 15) is 14.7 Å². The van der Waals surface area contributed by atoms with Crippen molar-refractivity contribution in [3.63, 3.8) is 0 Å². The zero-order valence-electron chi connectivity index (χ0n) is 18.7. The van der Waals surface area contributed by atoms with Gasteiger partial charge in [0.15, 0.2) is 5.78 Å². The maximum absolute atomic E-state index is 12.5. The number of aromatic carboxylic acids is 1. The van der Waals surface area contributed by atoms with Gasteiger partial charge in [0.1, 0.15) is 12.4 Å². The van der Waals surface area contributed by atoms with Gasteiger partial charge in [0.2, 0.25) is 0 Å². The van der Waals surface area contributed by atoms with Crippen molar-refractivity contribution in [1.82, 2.24) is 0 Å². The summed E-state index contributed by atoms with van der Waals surface area (Å²) in [4.78, 5) is 23.9. The number of hydrogen-bond acceptors (Lipinski definition) is 3. The molecule has 4 nitrogen and oxygen atoms in total. The van der Waals surface area contributed by atoms with Gasteiger partial charge in [-0.25, -0.2) is 4.79 Å². The molecule has 0 unspecified atom stereocenters. The number of carboxylic acid groups (broad SMARTS) is 1.